The number of hydrogen-bond acceptors (Lipinski definition) is 2. The van der Waals surface area contributed by atoms with Crippen LogP contribution in [0.1, 0.15) is 13.8 Å². The summed E-state index contributed by atoms with van der Waals surface area (Å²) in [5.74, 6) is 0.959. The van der Waals surface area contributed by atoms with Gasteiger partial charge >= 0.3 is 0 Å². The minimum atomic E-state index is -0.241. The third-order valence-electron chi connectivity index (χ3n) is 2.05. The Morgan fingerprint density at radius 3 is 2.38 bits per heavy atom. The topological polar surface area (TPSA) is 18.5 Å². The Balaban J connectivity index is 2.61. The molecular formula is C10H20NO2+. The molecule has 0 saturated carbocycles. The van der Waals surface area contributed by atoms with Gasteiger partial charge in [-0.25, -0.2) is 0 Å². The molecule has 76 valence electrons. The van der Waals surface area contributed by atoms with E-state index in [0.717, 1.165) is 16.8 Å². The van der Waals surface area contributed by atoms with Gasteiger partial charge in [-0.1, -0.05) is 0 Å². The molecule has 0 radical (unpaired) electrons. The number of ether oxygens (including phenoxy) is 2. The maximum absolute atomic E-state index is 5.42. The van der Waals surface area contributed by atoms with Crippen molar-refractivity contribution in [1.29, 1.82) is 0 Å². The van der Waals surface area contributed by atoms with Crippen molar-refractivity contribution in [2.45, 2.75) is 19.4 Å². The summed E-state index contributed by atoms with van der Waals surface area (Å²) in [6.45, 7) is 5.40. The van der Waals surface area contributed by atoms with Gasteiger partial charge in [0.25, 0.3) is 0 Å². The van der Waals surface area contributed by atoms with E-state index >= 15 is 0 Å². The van der Waals surface area contributed by atoms with E-state index in [9.17, 15) is 0 Å². The summed E-state index contributed by atoms with van der Waals surface area (Å²) in [5.41, 5.74) is -0.241. The van der Waals surface area contributed by atoms with E-state index in [1.165, 1.54) is 0 Å². The first-order chi connectivity index (χ1) is 5.81. The molecule has 1 heterocycles. The lowest BCUT2D eigenvalue weighted by Crippen LogP contribution is -2.35. The molecule has 0 aromatic rings. The summed E-state index contributed by atoms with van der Waals surface area (Å²) >= 11 is 0. The molecule has 1 fully saturated rings. The van der Waals surface area contributed by atoms with Gasteiger partial charge in [0.05, 0.1) is 21.1 Å². The molecule has 13 heavy (non-hydrogen) atoms. The largest absolute Gasteiger partial charge is 0.469 e. The van der Waals surface area contributed by atoms with Gasteiger partial charge < -0.3 is 14.0 Å². The highest BCUT2D eigenvalue weighted by Gasteiger charge is 2.32. The lowest BCUT2D eigenvalue weighted by atomic mass is 10.1. The molecule has 3 nitrogen and oxygen atoms in total. The maximum Gasteiger partial charge on any atom is 0.189 e. The molecule has 1 rings (SSSR count). The second kappa shape index (κ2) is 3.31. The summed E-state index contributed by atoms with van der Waals surface area (Å²) in [6, 6.07) is 0. The van der Waals surface area contributed by atoms with Crippen molar-refractivity contribution < 1.29 is 14.0 Å². The quantitative estimate of drug-likeness (QED) is 0.606. The molecule has 0 spiro atoms. The first kappa shape index (κ1) is 10.5. The number of quaternary nitrogens is 1. The fourth-order valence-corrected chi connectivity index (χ4v) is 1.15. The fourth-order valence-electron chi connectivity index (χ4n) is 1.15. The van der Waals surface area contributed by atoms with Crippen molar-refractivity contribution in [2.75, 3.05) is 34.5 Å². The van der Waals surface area contributed by atoms with Crippen LogP contribution in [-0.2, 0) is 9.47 Å². The lowest BCUT2D eigenvalue weighted by molar-refractivity contribution is -0.864. The molecule has 0 bridgehead atoms. The molecule has 0 unspecified atom stereocenters. The third kappa shape index (κ3) is 3.01. The van der Waals surface area contributed by atoms with E-state index < -0.39 is 0 Å². The van der Waals surface area contributed by atoms with Crippen molar-refractivity contribution in [3.63, 3.8) is 0 Å². The molecule has 0 amide bonds. The molecule has 0 aliphatic carbocycles. The summed E-state index contributed by atoms with van der Waals surface area (Å²) in [7, 11) is 6.46. The van der Waals surface area contributed by atoms with Crippen LogP contribution in [-0.4, -0.2) is 44.6 Å². The van der Waals surface area contributed by atoms with E-state index in [2.05, 4.69) is 27.2 Å². The molecule has 0 aromatic carbocycles. The summed E-state index contributed by atoms with van der Waals surface area (Å²) in [4.78, 5) is 0. The smallest absolute Gasteiger partial charge is 0.189 e. The van der Waals surface area contributed by atoms with Gasteiger partial charge in [-0.2, -0.15) is 0 Å². The molecule has 1 saturated heterocycles. The van der Waals surface area contributed by atoms with Crippen molar-refractivity contribution in [3.8, 4) is 0 Å². The van der Waals surface area contributed by atoms with Crippen LogP contribution >= 0.6 is 0 Å². The Kier molecular flexibility index (Phi) is 2.68. The van der Waals surface area contributed by atoms with Crippen LogP contribution < -0.4 is 0 Å². The average Bonchev–Trinajstić information content (AvgIpc) is 2.23. The van der Waals surface area contributed by atoms with E-state index in [0.29, 0.717) is 6.79 Å². The maximum atomic E-state index is 5.42. The molecular weight excluding hydrogens is 166 g/mol. The SMILES string of the molecule is CC1(C)OCO/C1=C\C[N+](C)(C)C. The van der Waals surface area contributed by atoms with Crippen LogP contribution in [0.5, 0.6) is 0 Å². The van der Waals surface area contributed by atoms with Crippen LogP contribution in [0.3, 0.4) is 0 Å². The number of likely N-dealkylation sites (N-methyl/N-ethyl adjacent to an activating group) is 1. The van der Waals surface area contributed by atoms with Crippen LogP contribution in [0.15, 0.2) is 11.8 Å². The lowest BCUT2D eigenvalue weighted by Gasteiger charge is -2.23. The molecule has 1 aliphatic rings. The zero-order valence-corrected chi connectivity index (χ0v) is 9.26. The zero-order chi connectivity index (χ0) is 10.1. The summed E-state index contributed by atoms with van der Waals surface area (Å²) in [6.07, 6.45) is 2.12. The first-order valence-electron chi connectivity index (χ1n) is 4.59. The monoisotopic (exact) mass is 186 g/mol. The third-order valence-corrected chi connectivity index (χ3v) is 2.05. The number of rotatable bonds is 2. The second-order valence-electron chi connectivity index (χ2n) is 4.96. The van der Waals surface area contributed by atoms with E-state index in [4.69, 9.17) is 9.47 Å². The van der Waals surface area contributed by atoms with Crippen molar-refractivity contribution in [1.82, 2.24) is 0 Å². The molecule has 0 N–H and O–H groups in total. The Hall–Kier alpha value is -0.540. The van der Waals surface area contributed by atoms with Gasteiger partial charge in [0, 0.05) is 6.08 Å². The minimum absolute atomic E-state index is 0.241. The Morgan fingerprint density at radius 1 is 1.38 bits per heavy atom. The van der Waals surface area contributed by atoms with Crippen LogP contribution in [0.4, 0.5) is 0 Å². The predicted molar refractivity (Wildman–Crippen MR) is 52.1 cm³/mol. The molecule has 0 aromatic heterocycles. The van der Waals surface area contributed by atoms with Crippen LogP contribution in [0.25, 0.3) is 0 Å². The minimum Gasteiger partial charge on any atom is -0.469 e. The van der Waals surface area contributed by atoms with Crippen molar-refractivity contribution in [3.05, 3.63) is 11.8 Å². The molecule has 1 aliphatic heterocycles. The Labute approximate surface area is 80.5 Å². The highest BCUT2D eigenvalue weighted by atomic mass is 16.7. The number of nitrogens with zero attached hydrogens (tertiary/aromatic N) is 1. The zero-order valence-electron chi connectivity index (χ0n) is 9.26. The van der Waals surface area contributed by atoms with Gasteiger partial charge in [-0.15, -0.1) is 0 Å². The van der Waals surface area contributed by atoms with Crippen LogP contribution in [0.2, 0.25) is 0 Å². The van der Waals surface area contributed by atoms with Gasteiger partial charge in [0.2, 0.25) is 0 Å². The number of hydrogen-bond donors (Lipinski definition) is 0. The predicted octanol–water partition coefficient (Wildman–Crippen LogP) is 1.36. The highest BCUT2D eigenvalue weighted by molar-refractivity contribution is 5.09. The van der Waals surface area contributed by atoms with E-state index in [1.807, 2.05) is 13.8 Å². The average molecular weight is 186 g/mol. The molecule has 0 atom stereocenters. The fraction of sp³-hybridized carbons (Fsp3) is 0.800. The van der Waals surface area contributed by atoms with Gasteiger partial charge in [-0.3, -0.25) is 0 Å². The van der Waals surface area contributed by atoms with Crippen LogP contribution in [0, 0.1) is 0 Å². The van der Waals surface area contributed by atoms with Gasteiger partial charge in [0.1, 0.15) is 17.9 Å². The highest BCUT2D eigenvalue weighted by Crippen LogP contribution is 2.27. The van der Waals surface area contributed by atoms with E-state index in [1.54, 1.807) is 0 Å². The van der Waals surface area contributed by atoms with Gasteiger partial charge in [-0.05, 0) is 13.8 Å². The first-order valence-corrected chi connectivity index (χ1v) is 4.59. The van der Waals surface area contributed by atoms with Gasteiger partial charge in [0.15, 0.2) is 6.79 Å². The second-order valence-corrected chi connectivity index (χ2v) is 4.96. The Bertz CT molecular complexity index is 213. The van der Waals surface area contributed by atoms with E-state index in [-0.39, 0.29) is 5.60 Å². The molecule has 3 heteroatoms. The Morgan fingerprint density at radius 2 is 2.00 bits per heavy atom. The van der Waals surface area contributed by atoms with Crippen molar-refractivity contribution >= 4 is 0 Å². The van der Waals surface area contributed by atoms with Crippen molar-refractivity contribution in [2.24, 2.45) is 0 Å². The summed E-state index contributed by atoms with van der Waals surface area (Å²) < 4.78 is 11.7. The normalized spacial score (nSPS) is 24.8. The standard InChI is InChI=1S/C10H20NO2/c1-10(2)9(12-8-13-10)6-7-11(3,4)5/h6H,7-8H2,1-5H3/q+1/b9-6-. The summed E-state index contributed by atoms with van der Waals surface area (Å²) in [5, 5.41) is 0.